The minimum atomic E-state index is -0.0313. The zero-order chi connectivity index (χ0) is 19.7. The topological polar surface area (TPSA) is 34.0 Å². The van der Waals surface area contributed by atoms with Crippen LogP contribution in [0.3, 0.4) is 0 Å². The van der Waals surface area contributed by atoms with E-state index in [2.05, 4.69) is 67.1 Å². The average molecular weight is 389 g/mol. The Morgan fingerprint density at radius 3 is 2.61 bits per heavy atom. The van der Waals surface area contributed by atoms with E-state index in [1.54, 1.807) is 11.3 Å². The summed E-state index contributed by atoms with van der Waals surface area (Å²) in [5, 5.41) is 3.09. The van der Waals surface area contributed by atoms with Crippen LogP contribution in [0.4, 0.5) is 0 Å². The molecule has 0 radical (unpaired) electrons. The van der Waals surface area contributed by atoms with Crippen molar-refractivity contribution in [2.45, 2.75) is 33.9 Å². The second-order valence-corrected chi connectivity index (χ2v) is 8.61. The van der Waals surface area contributed by atoms with Crippen molar-refractivity contribution >= 4 is 27.5 Å². The first-order chi connectivity index (χ1) is 13.5. The van der Waals surface area contributed by atoms with Crippen molar-refractivity contribution in [2.75, 3.05) is 0 Å². The molecular weight excluding hydrogens is 364 g/mol. The Bertz CT molecular complexity index is 1150. The molecule has 0 aliphatic heterocycles. The van der Waals surface area contributed by atoms with Crippen LogP contribution in [0.15, 0.2) is 60.7 Å². The molecule has 1 N–H and O–H groups in total. The van der Waals surface area contributed by atoms with Gasteiger partial charge in [-0.25, -0.2) is 0 Å². The fourth-order valence-electron chi connectivity index (χ4n) is 3.58. The van der Waals surface area contributed by atoms with Gasteiger partial charge in [0.1, 0.15) is 5.69 Å². The molecule has 0 aliphatic carbocycles. The number of hydrogen-bond acceptors (Lipinski definition) is 2. The molecule has 1 amide bonds. The van der Waals surface area contributed by atoms with Gasteiger partial charge in [-0.3, -0.25) is 4.79 Å². The molecule has 0 saturated heterocycles. The van der Waals surface area contributed by atoms with Gasteiger partial charge < -0.3 is 9.88 Å². The third-order valence-corrected chi connectivity index (χ3v) is 6.06. The van der Waals surface area contributed by atoms with Gasteiger partial charge in [0.05, 0.1) is 10.2 Å². The van der Waals surface area contributed by atoms with E-state index >= 15 is 0 Å². The Balaban J connectivity index is 1.65. The molecule has 2 aromatic heterocycles. The van der Waals surface area contributed by atoms with Crippen LogP contribution in [0.5, 0.6) is 0 Å². The lowest BCUT2D eigenvalue weighted by Crippen LogP contribution is -2.25. The first kappa shape index (κ1) is 18.5. The summed E-state index contributed by atoms with van der Waals surface area (Å²) in [7, 11) is 0. The van der Waals surface area contributed by atoms with Crippen molar-refractivity contribution in [2.24, 2.45) is 0 Å². The molecule has 0 spiro atoms. The van der Waals surface area contributed by atoms with Gasteiger partial charge in [0.25, 0.3) is 5.91 Å². The fraction of sp³-hybridized carbons (Fsp3) is 0.208. The smallest absolute Gasteiger partial charge is 0.268 e. The molecule has 0 unspecified atom stereocenters. The van der Waals surface area contributed by atoms with Crippen LogP contribution < -0.4 is 5.32 Å². The Morgan fingerprint density at radius 1 is 1.00 bits per heavy atom. The van der Waals surface area contributed by atoms with Crippen molar-refractivity contribution < 1.29 is 4.79 Å². The molecule has 2 aromatic carbocycles. The third-order valence-electron chi connectivity index (χ3n) is 5.07. The molecule has 4 heteroatoms. The molecular formula is C24H24N2OS. The standard InChI is InChI=1S/C24H24N2OS/c1-16-7-6-9-19(11-16)14-25-24(27)22-13-23-21(12-18(3)28-23)26(22)15-20-10-5-4-8-17(20)2/h4-13H,14-15H2,1-3H3,(H,25,27). The maximum Gasteiger partial charge on any atom is 0.268 e. The van der Waals surface area contributed by atoms with Crippen LogP contribution >= 0.6 is 11.3 Å². The predicted molar refractivity (Wildman–Crippen MR) is 117 cm³/mol. The van der Waals surface area contributed by atoms with E-state index in [-0.39, 0.29) is 5.91 Å². The Labute approximate surface area is 169 Å². The van der Waals surface area contributed by atoms with Crippen LogP contribution in [0.25, 0.3) is 10.2 Å². The summed E-state index contributed by atoms with van der Waals surface area (Å²) in [6, 6.07) is 20.8. The summed E-state index contributed by atoms with van der Waals surface area (Å²) < 4.78 is 3.30. The fourth-order valence-corrected chi connectivity index (χ4v) is 4.54. The highest BCUT2D eigenvalue weighted by atomic mass is 32.1. The summed E-state index contributed by atoms with van der Waals surface area (Å²) in [5.41, 5.74) is 6.64. The van der Waals surface area contributed by atoms with Gasteiger partial charge in [0, 0.05) is 18.0 Å². The summed E-state index contributed by atoms with van der Waals surface area (Å²) in [6.07, 6.45) is 0. The first-order valence-electron chi connectivity index (χ1n) is 9.49. The van der Waals surface area contributed by atoms with E-state index in [0.717, 1.165) is 21.5 Å². The number of aromatic nitrogens is 1. The zero-order valence-corrected chi connectivity index (χ0v) is 17.3. The highest BCUT2D eigenvalue weighted by Crippen LogP contribution is 2.30. The summed E-state index contributed by atoms with van der Waals surface area (Å²) in [4.78, 5) is 14.3. The summed E-state index contributed by atoms with van der Waals surface area (Å²) in [5.74, 6) is -0.0313. The lowest BCUT2D eigenvalue weighted by Gasteiger charge is -2.13. The number of amides is 1. The van der Waals surface area contributed by atoms with Gasteiger partial charge in [0.15, 0.2) is 0 Å². The molecule has 0 fully saturated rings. The summed E-state index contributed by atoms with van der Waals surface area (Å²) in [6.45, 7) is 7.52. The molecule has 28 heavy (non-hydrogen) atoms. The number of fused-ring (bicyclic) bond motifs is 1. The second kappa shape index (κ2) is 7.64. The Morgan fingerprint density at radius 2 is 1.82 bits per heavy atom. The number of carbonyl (C=O) groups excluding carboxylic acids is 1. The van der Waals surface area contributed by atoms with Crippen molar-refractivity contribution in [3.8, 4) is 0 Å². The maximum absolute atomic E-state index is 13.0. The molecule has 0 aliphatic rings. The zero-order valence-electron chi connectivity index (χ0n) is 16.5. The van der Waals surface area contributed by atoms with Crippen molar-refractivity contribution in [3.63, 3.8) is 0 Å². The van der Waals surface area contributed by atoms with Gasteiger partial charge in [-0.1, -0.05) is 54.1 Å². The molecule has 0 saturated carbocycles. The Kier molecular flexibility index (Phi) is 5.05. The van der Waals surface area contributed by atoms with E-state index in [0.29, 0.717) is 13.1 Å². The number of nitrogens with zero attached hydrogens (tertiary/aromatic N) is 1. The third kappa shape index (κ3) is 3.73. The van der Waals surface area contributed by atoms with Gasteiger partial charge in [-0.15, -0.1) is 11.3 Å². The number of rotatable bonds is 5. The van der Waals surface area contributed by atoms with Crippen molar-refractivity contribution in [1.29, 1.82) is 0 Å². The van der Waals surface area contributed by atoms with E-state index in [9.17, 15) is 4.79 Å². The number of hydrogen-bond donors (Lipinski definition) is 1. The lowest BCUT2D eigenvalue weighted by molar-refractivity contribution is 0.0942. The van der Waals surface area contributed by atoms with Crippen molar-refractivity contribution in [3.05, 3.63) is 93.5 Å². The summed E-state index contributed by atoms with van der Waals surface area (Å²) >= 11 is 1.73. The highest BCUT2D eigenvalue weighted by molar-refractivity contribution is 7.19. The van der Waals surface area contributed by atoms with E-state index in [4.69, 9.17) is 0 Å². The molecule has 142 valence electrons. The number of aryl methyl sites for hydroxylation is 3. The van der Waals surface area contributed by atoms with E-state index in [1.165, 1.54) is 21.6 Å². The molecule has 4 aromatic rings. The number of carbonyl (C=O) groups is 1. The highest BCUT2D eigenvalue weighted by Gasteiger charge is 2.18. The number of thiophene rings is 1. The average Bonchev–Trinajstić information content (AvgIpc) is 3.18. The van der Waals surface area contributed by atoms with Crippen LogP contribution in [0.2, 0.25) is 0 Å². The van der Waals surface area contributed by atoms with Crippen molar-refractivity contribution in [1.82, 2.24) is 9.88 Å². The molecule has 0 bridgehead atoms. The molecule has 3 nitrogen and oxygen atoms in total. The SMILES string of the molecule is Cc1cccc(CNC(=O)c2cc3sc(C)cc3n2Cc2ccccc2C)c1. The van der Waals surface area contributed by atoms with Crippen LogP contribution in [0, 0.1) is 20.8 Å². The van der Waals surface area contributed by atoms with E-state index in [1.807, 2.05) is 24.3 Å². The minimum Gasteiger partial charge on any atom is -0.347 e. The normalized spacial score (nSPS) is 11.1. The monoisotopic (exact) mass is 388 g/mol. The van der Waals surface area contributed by atoms with Gasteiger partial charge in [0.2, 0.25) is 0 Å². The van der Waals surface area contributed by atoms with Crippen LogP contribution in [-0.4, -0.2) is 10.5 Å². The quantitative estimate of drug-likeness (QED) is 0.474. The predicted octanol–water partition coefficient (Wildman–Crippen LogP) is 5.61. The molecule has 2 heterocycles. The second-order valence-electron chi connectivity index (χ2n) is 7.32. The van der Waals surface area contributed by atoms with Gasteiger partial charge in [-0.2, -0.15) is 0 Å². The maximum atomic E-state index is 13.0. The van der Waals surface area contributed by atoms with E-state index < -0.39 is 0 Å². The van der Waals surface area contributed by atoms with Gasteiger partial charge >= 0.3 is 0 Å². The minimum absolute atomic E-state index is 0.0313. The lowest BCUT2D eigenvalue weighted by atomic mass is 10.1. The molecule has 4 rings (SSSR count). The van der Waals surface area contributed by atoms with Gasteiger partial charge in [-0.05, 0) is 49.6 Å². The number of benzene rings is 2. The van der Waals surface area contributed by atoms with Crippen LogP contribution in [-0.2, 0) is 13.1 Å². The Hall–Kier alpha value is -2.85. The molecule has 0 atom stereocenters. The number of nitrogens with one attached hydrogen (secondary N) is 1. The van der Waals surface area contributed by atoms with Crippen LogP contribution in [0.1, 0.15) is 37.6 Å². The largest absolute Gasteiger partial charge is 0.347 e. The first-order valence-corrected chi connectivity index (χ1v) is 10.3.